The molecule has 0 saturated carbocycles. The van der Waals surface area contributed by atoms with Crippen LogP contribution in [0.15, 0.2) is 11.4 Å². The topological polar surface area (TPSA) is 15.3 Å². The SMILES string of the molecule is Cc1ccsc1C(C)NCC(C)CN1CCCC1. The van der Waals surface area contributed by atoms with Crippen LogP contribution in [0, 0.1) is 12.8 Å². The van der Waals surface area contributed by atoms with Crippen LogP contribution in [0.4, 0.5) is 0 Å². The number of likely N-dealkylation sites (tertiary alicyclic amines) is 1. The van der Waals surface area contributed by atoms with Crippen LogP contribution in [0.2, 0.25) is 0 Å². The first-order valence-corrected chi connectivity index (χ1v) is 8.04. The Morgan fingerprint density at radius 1 is 1.33 bits per heavy atom. The quantitative estimate of drug-likeness (QED) is 0.848. The molecule has 2 nitrogen and oxygen atoms in total. The van der Waals surface area contributed by atoms with Gasteiger partial charge in [-0.15, -0.1) is 11.3 Å². The fourth-order valence-electron chi connectivity index (χ4n) is 2.77. The van der Waals surface area contributed by atoms with Gasteiger partial charge in [0.05, 0.1) is 0 Å². The first-order valence-electron chi connectivity index (χ1n) is 7.16. The molecule has 2 rings (SSSR count). The zero-order valence-electron chi connectivity index (χ0n) is 11.9. The van der Waals surface area contributed by atoms with Gasteiger partial charge in [0, 0.05) is 17.5 Å². The normalized spacial score (nSPS) is 20.2. The maximum atomic E-state index is 3.68. The molecule has 0 radical (unpaired) electrons. The highest BCUT2D eigenvalue weighted by molar-refractivity contribution is 7.10. The van der Waals surface area contributed by atoms with Crippen LogP contribution >= 0.6 is 11.3 Å². The van der Waals surface area contributed by atoms with Crippen LogP contribution in [0.3, 0.4) is 0 Å². The molecule has 0 amide bonds. The van der Waals surface area contributed by atoms with Gasteiger partial charge in [-0.25, -0.2) is 0 Å². The van der Waals surface area contributed by atoms with Gasteiger partial charge < -0.3 is 10.2 Å². The molecule has 1 aromatic rings. The van der Waals surface area contributed by atoms with Crippen molar-refractivity contribution in [3.8, 4) is 0 Å². The maximum absolute atomic E-state index is 3.68. The lowest BCUT2D eigenvalue weighted by Crippen LogP contribution is -2.32. The number of thiophene rings is 1. The molecule has 2 atom stereocenters. The second-order valence-corrected chi connectivity index (χ2v) is 6.66. The van der Waals surface area contributed by atoms with Gasteiger partial charge in [-0.05, 0) is 69.3 Å². The van der Waals surface area contributed by atoms with Crippen molar-refractivity contribution >= 4 is 11.3 Å². The van der Waals surface area contributed by atoms with Crippen molar-refractivity contribution in [1.82, 2.24) is 10.2 Å². The third-order valence-corrected chi connectivity index (χ3v) is 5.04. The molecule has 0 aromatic carbocycles. The van der Waals surface area contributed by atoms with Gasteiger partial charge in [0.1, 0.15) is 0 Å². The average Bonchev–Trinajstić information content (AvgIpc) is 2.97. The van der Waals surface area contributed by atoms with Crippen LogP contribution < -0.4 is 5.32 Å². The third-order valence-electron chi connectivity index (χ3n) is 3.84. The van der Waals surface area contributed by atoms with Gasteiger partial charge in [0.2, 0.25) is 0 Å². The molecule has 1 aliphatic heterocycles. The largest absolute Gasteiger partial charge is 0.309 e. The zero-order valence-corrected chi connectivity index (χ0v) is 12.7. The lowest BCUT2D eigenvalue weighted by molar-refractivity contribution is 0.279. The molecular formula is C15H26N2S. The summed E-state index contributed by atoms with van der Waals surface area (Å²) in [5, 5.41) is 5.87. The molecule has 102 valence electrons. The zero-order chi connectivity index (χ0) is 13.0. The summed E-state index contributed by atoms with van der Waals surface area (Å²) < 4.78 is 0. The van der Waals surface area contributed by atoms with E-state index in [1.54, 1.807) is 0 Å². The highest BCUT2D eigenvalue weighted by atomic mass is 32.1. The van der Waals surface area contributed by atoms with Gasteiger partial charge in [0.15, 0.2) is 0 Å². The maximum Gasteiger partial charge on any atom is 0.0388 e. The van der Waals surface area contributed by atoms with E-state index in [4.69, 9.17) is 0 Å². The predicted octanol–water partition coefficient (Wildman–Crippen LogP) is 3.44. The van der Waals surface area contributed by atoms with Crippen LogP contribution in [-0.2, 0) is 0 Å². The first kappa shape index (κ1) is 14.0. The van der Waals surface area contributed by atoms with Crippen molar-refractivity contribution in [3.05, 3.63) is 21.9 Å². The van der Waals surface area contributed by atoms with Gasteiger partial charge in [-0.1, -0.05) is 6.92 Å². The number of rotatable bonds is 6. The fourth-order valence-corrected chi connectivity index (χ4v) is 3.73. The molecule has 2 unspecified atom stereocenters. The minimum absolute atomic E-state index is 0.492. The summed E-state index contributed by atoms with van der Waals surface area (Å²) in [4.78, 5) is 4.09. The lowest BCUT2D eigenvalue weighted by Gasteiger charge is -2.22. The van der Waals surface area contributed by atoms with Gasteiger partial charge >= 0.3 is 0 Å². The number of aryl methyl sites for hydroxylation is 1. The van der Waals surface area contributed by atoms with Crippen molar-refractivity contribution in [2.24, 2.45) is 5.92 Å². The Balaban J connectivity index is 1.72. The van der Waals surface area contributed by atoms with Crippen LogP contribution in [-0.4, -0.2) is 31.1 Å². The van der Waals surface area contributed by atoms with E-state index in [1.165, 1.54) is 42.9 Å². The van der Waals surface area contributed by atoms with Crippen LogP contribution in [0.25, 0.3) is 0 Å². The van der Waals surface area contributed by atoms with E-state index in [2.05, 4.69) is 42.4 Å². The van der Waals surface area contributed by atoms with Crippen molar-refractivity contribution < 1.29 is 0 Å². The fraction of sp³-hybridized carbons (Fsp3) is 0.733. The number of nitrogens with zero attached hydrogens (tertiary/aromatic N) is 1. The third kappa shape index (κ3) is 3.81. The Morgan fingerprint density at radius 2 is 2.06 bits per heavy atom. The molecule has 3 heteroatoms. The Bertz CT molecular complexity index is 355. The Morgan fingerprint density at radius 3 is 2.67 bits per heavy atom. The molecule has 0 bridgehead atoms. The van der Waals surface area contributed by atoms with E-state index in [9.17, 15) is 0 Å². The number of hydrogen-bond acceptors (Lipinski definition) is 3. The second-order valence-electron chi connectivity index (χ2n) is 5.71. The molecule has 1 aromatic heterocycles. The Labute approximate surface area is 115 Å². The highest BCUT2D eigenvalue weighted by Gasteiger charge is 2.16. The summed E-state index contributed by atoms with van der Waals surface area (Å²) in [6.45, 7) is 11.8. The summed E-state index contributed by atoms with van der Waals surface area (Å²) in [6.07, 6.45) is 2.79. The summed E-state index contributed by atoms with van der Waals surface area (Å²) in [6, 6.07) is 2.71. The highest BCUT2D eigenvalue weighted by Crippen LogP contribution is 2.23. The number of hydrogen-bond donors (Lipinski definition) is 1. The molecule has 18 heavy (non-hydrogen) atoms. The van der Waals surface area contributed by atoms with E-state index in [0.29, 0.717) is 6.04 Å². The summed E-state index contributed by atoms with van der Waals surface area (Å²) >= 11 is 1.87. The number of nitrogens with one attached hydrogen (secondary N) is 1. The van der Waals surface area contributed by atoms with Crippen LogP contribution in [0.1, 0.15) is 43.2 Å². The standard InChI is InChI=1S/C15H26N2S/c1-12(11-17-7-4-5-8-17)10-16-14(3)15-13(2)6-9-18-15/h6,9,12,14,16H,4-5,7-8,10-11H2,1-3H3. The van der Waals surface area contributed by atoms with Crippen molar-refractivity contribution in [2.45, 2.75) is 39.7 Å². The minimum Gasteiger partial charge on any atom is -0.309 e. The van der Waals surface area contributed by atoms with Gasteiger partial charge in [-0.2, -0.15) is 0 Å². The lowest BCUT2D eigenvalue weighted by atomic mass is 10.1. The summed E-state index contributed by atoms with van der Waals surface area (Å²) in [7, 11) is 0. The smallest absolute Gasteiger partial charge is 0.0388 e. The summed E-state index contributed by atoms with van der Waals surface area (Å²) in [5.74, 6) is 0.741. The van der Waals surface area contributed by atoms with E-state index in [-0.39, 0.29) is 0 Å². The predicted molar refractivity (Wildman–Crippen MR) is 80.3 cm³/mol. The minimum atomic E-state index is 0.492. The van der Waals surface area contributed by atoms with Crippen LogP contribution in [0.5, 0.6) is 0 Å². The molecule has 0 aliphatic carbocycles. The van der Waals surface area contributed by atoms with E-state index in [0.717, 1.165) is 12.5 Å². The Kier molecular flexibility index (Phi) is 5.22. The van der Waals surface area contributed by atoms with E-state index < -0.39 is 0 Å². The molecule has 1 fully saturated rings. The molecule has 0 spiro atoms. The Hall–Kier alpha value is -0.380. The average molecular weight is 266 g/mol. The molecule has 2 heterocycles. The van der Waals surface area contributed by atoms with Gasteiger partial charge in [0.25, 0.3) is 0 Å². The van der Waals surface area contributed by atoms with Crippen molar-refractivity contribution in [2.75, 3.05) is 26.2 Å². The first-order chi connectivity index (χ1) is 8.66. The molecule has 1 aliphatic rings. The van der Waals surface area contributed by atoms with Crippen molar-refractivity contribution in [3.63, 3.8) is 0 Å². The second kappa shape index (κ2) is 6.69. The molecule has 1 N–H and O–H groups in total. The van der Waals surface area contributed by atoms with Crippen molar-refractivity contribution in [1.29, 1.82) is 0 Å². The van der Waals surface area contributed by atoms with Gasteiger partial charge in [-0.3, -0.25) is 0 Å². The summed E-state index contributed by atoms with van der Waals surface area (Å²) in [5.41, 5.74) is 1.42. The molecular weight excluding hydrogens is 240 g/mol. The van der Waals surface area contributed by atoms with E-state index in [1.807, 2.05) is 11.3 Å². The monoisotopic (exact) mass is 266 g/mol. The van der Waals surface area contributed by atoms with E-state index >= 15 is 0 Å². The molecule has 1 saturated heterocycles.